The quantitative estimate of drug-likeness (QED) is 0.711. The molecule has 0 saturated carbocycles. The molecule has 26 heavy (non-hydrogen) atoms. The molecule has 3 heterocycles. The van der Waals surface area contributed by atoms with Gasteiger partial charge in [-0.1, -0.05) is 0 Å². The van der Waals surface area contributed by atoms with Crippen molar-refractivity contribution < 1.29 is 9.53 Å². The highest BCUT2D eigenvalue weighted by Crippen LogP contribution is 2.30. The Morgan fingerprint density at radius 1 is 1.31 bits per heavy atom. The maximum absolute atomic E-state index is 13.3. The van der Waals surface area contributed by atoms with Gasteiger partial charge < -0.3 is 14.2 Å². The van der Waals surface area contributed by atoms with Crippen LogP contribution < -0.4 is 4.74 Å². The second-order valence-corrected chi connectivity index (χ2v) is 6.49. The van der Waals surface area contributed by atoms with E-state index in [4.69, 9.17) is 10.00 Å². The number of nitrogens with zero attached hydrogens (tertiary/aromatic N) is 5. The molecule has 0 N–H and O–H groups in total. The Labute approximate surface area is 151 Å². The first-order valence-corrected chi connectivity index (χ1v) is 8.42. The van der Waals surface area contributed by atoms with E-state index in [1.165, 1.54) is 0 Å². The van der Waals surface area contributed by atoms with Crippen LogP contribution in [0.5, 0.6) is 5.75 Å². The van der Waals surface area contributed by atoms with E-state index in [0.29, 0.717) is 30.9 Å². The Bertz CT molecular complexity index is 1070. The van der Waals surface area contributed by atoms with Crippen LogP contribution in [0.3, 0.4) is 0 Å². The third kappa shape index (κ3) is 2.34. The summed E-state index contributed by atoms with van der Waals surface area (Å²) >= 11 is 0. The molecule has 1 aromatic carbocycles. The summed E-state index contributed by atoms with van der Waals surface area (Å²) in [6.07, 6.45) is 0. The van der Waals surface area contributed by atoms with Crippen LogP contribution >= 0.6 is 0 Å². The molecule has 0 radical (unpaired) electrons. The fraction of sp³-hybridized carbons (Fsp3) is 0.316. The SMILES string of the molecule is COc1ccc2c(c1)c(C(=O)N1CCn3nc(C#N)cc3C1)c(C)n2C. The predicted octanol–water partition coefficient (Wildman–Crippen LogP) is 2.22. The maximum Gasteiger partial charge on any atom is 0.256 e. The number of hydrogen-bond donors (Lipinski definition) is 0. The number of hydrogen-bond acceptors (Lipinski definition) is 4. The van der Waals surface area contributed by atoms with Gasteiger partial charge in [-0.2, -0.15) is 10.4 Å². The number of nitriles is 1. The Kier molecular flexibility index (Phi) is 3.69. The fourth-order valence-corrected chi connectivity index (χ4v) is 3.60. The number of carbonyl (C=O) groups excluding carboxylic acids is 1. The average Bonchev–Trinajstić information content (AvgIpc) is 3.19. The van der Waals surface area contributed by atoms with E-state index in [1.807, 2.05) is 41.6 Å². The average molecular weight is 349 g/mol. The molecule has 1 amide bonds. The number of aryl methyl sites for hydroxylation is 1. The lowest BCUT2D eigenvalue weighted by Crippen LogP contribution is -2.38. The summed E-state index contributed by atoms with van der Waals surface area (Å²) in [7, 11) is 3.59. The van der Waals surface area contributed by atoms with E-state index < -0.39 is 0 Å². The number of ether oxygens (including phenoxy) is 1. The van der Waals surface area contributed by atoms with Gasteiger partial charge in [-0.05, 0) is 31.2 Å². The Balaban J connectivity index is 1.75. The van der Waals surface area contributed by atoms with Crippen molar-refractivity contribution in [2.45, 2.75) is 20.0 Å². The van der Waals surface area contributed by atoms with Crippen LogP contribution in [0.15, 0.2) is 24.3 Å². The second kappa shape index (κ2) is 5.92. The number of carbonyl (C=O) groups is 1. The molecule has 7 heteroatoms. The second-order valence-electron chi connectivity index (χ2n) is 6.49. The van der Waals surface area contributed by atoms with Gasteiger partial charge in [0.1, 0.15) is 11.8 Å². The van der Waals surface area contributed by atoms with Crippen molar-refractivity contribution in [1.29, 1.82) is 5.26 Å². The van der Waals surface area contributed by atoms with Gasteiger partial charge in [0.15, 0.2) is 5.69 Å². The lowest BCUT2D eigenvalue weighted by Gasteiger charge is -2.27. The summed E-state index contributed by atoms with van der Waals surface area (Å²) in [6, 6.07) is 9.60. The molecule has 132 valence electrons. The van der Waals surface area contributed by atoms with Gasteiger partial charge in [-0.25, -0.2) is 0 Å². The fourth-order valence-electron chi connectivity index (χ4n) is 3.60. The third-order valence-corrected chi connectivity index (χ3v) is 5.11. The first-order chi connectivity index (χ1) is 12.5. The highest BCUT2D eigenvalue weighted by Gasteiger charge is 2.27. The first kappa shape index (κ1) is 16.2. The number of aromatic nitrogens is 3. The van der Waals surface area contributed by atoms with Crippen LogP contribution in [-0.4, -0.2) is 38.8 Å². The molecular weight excluding hydrogens is 330 g/mol. The topological polar surface area (TPSA) is 76.1 Å². The molecule has 0 atom stereocenters. The summed E-state index contributed by atoms with van der Waals surface area (Å²) in [5.74, 6) is 0.722. The third-order valence-electron chi connectivity index (χ3n) is 5.11. The van der Waals surface area contributed by atoms with Gasteiger partial charge in [-0.3, -0.25) is 9.48 Å². The molecule has 4 rings (SSSR count). The van der Waals surface area contributed by atoms with Gasteiger partial charge in [0.05, 0.1) is 31.5 Å². The molecule has 1 aliphatic rings. The molecule has 0 aliphatic carbocycles. The minimum atomic E-state index is -0.00712. The van der Waals surface area contributed by atoms with Crippen LogP contribution in [0.4, 0.5) is 0 Å². The minimum absolute atomic E-state index is 0.00712. The molecule has 1 aliphatic heterocycles. The monoisotopic (exact) mass is 349 g/mol. The van der Waals surface area contributed by atoms with Crippen molar-refractivity contribution in [2.75, 3.05) is 13.7 Å². The molecule has 0 fully saturated rings. The predicted molar refractivity (Wildman–Crippen MR) is 95.9 cm³/mol. The van der Waals surface area contributed by atoms with Crippen LogP contribution in [0.25, 0.3) is 10.9 Å². The van der Waals surface area contributed by atoms with Crippen LogP contribution in [0.1, 0.15) is 27.4 Å². The van der Waals surface area contributed by atoms with Crippen molar-refractivity contribution in [1.82, 2.24) is 19.2 Å². The van der Waals surface area contributed by atoms with Crippen LogP contribution in [0, 0.1) is 18.3 Å². The van der Waals surface area contributed by atoms with Crippen LogP contribution in [-0.2, 0) is 20.1 Å². The van der Waals surface area contributed by atoms with Crippen molar-refractivity contribution in [3.8, 4) is 11.8 Å². The summed E-state index contributed by atoms with van der Waals surface area (Å²) in [5.41, 5.74) is 3.90. The van der Waals surface area contributed by atoms with E-state index in [0.717, 1.165) is 28.0 Å². The minimum Gasteiger partial charge on any atom is -0.497 e. The van der Waals surface area contributed by atoms with E-state index in [2.05, 4.69) is 11.2 Å². The standard InChI is InChI=1S/C19H19N5O2/c1-12-18(16-9-15(26-3)4-5-17(16)22(12)2)19(25)23-6-7-24-14(11-23)8-13(10-20)21-24/h4-5,8-9H,6-7,11H2,1-3H3. The zero-order chi connectivity index (χ0) is 18.4. The lowest BCUT2D eigenvalue weighted by molar-refractivity contribution is 0.0707. The Hall–Kier alpha value is -3.27. The summed E-state index contributed by atoms with van der Waals surface area (Å²) in [6.45, 7) is 3.57. The van der Waals surface area contributed by atoms with Gasteiger partial charge in [-0.15, -0.1) is 0 Å². The molecule has 0 bridgehead atoms. The van der Waals surface area contributed by atoms with Crippen molar-refractivity contribution in [2.24, 2.45) is 7.05 Å². The highest BCUT2D eigenvalue weighted by atomic mass is 16.5. The molecule has 3 aromatic rings. The largest absolute Gasteiger partial charge is 0.497 e. The van der Waals surface area contributed by atoms with E-state index >= 15 is 0 Å². The molecule has 0 unspecified atom stereocenters. The number of fused-ring (bicyclic) bond motifs is 2. The zero-order valence-corrected chi connectivity index (χ0v) is 15.0. The Morgan fingerprint density at radius 2 is 2.12 bits per heavy atom. The maximum atomic E-state index is 13.3. The zero-order valence-electron chi connectivity index (χ0n) is 15.0. The first-order valence-electron chi connectivity index (χ1n) is 8.42. The van der Waals surface area contributed by atoms with Gasteiger partial charge in [0.2, 0.25) is 0 Å². The van der Waals surface area contributed by atoms with E-state index in [1.54, 1.807) is 17.9 Å². The van der Waals surface area contributed by atoms with Crippen molar-refractivity contribution in [3.63, 3.8) is 0 Å². The summed E-state index contributed by atoms with van der Waals surface area (Å²) in [5, 5.41) is 14.1. The Morgan fingerprint density at radius 3 is 2.85 bits per heavy atom. The summed E-state index contributed by atoms with van der Waals surface area (Å²) in [4.78, 5) is 15.1. The number of rotatable bonds is 2. The highest BCUT2D eigenvalue weighted by molar-refractivity contribution is 6.08. The lowest BCUT2D eigenvalue weighted by atomic mass is 10.1. The van der Waals surface area contributed by atoms with Crippen molar-refractivity contribution in [3.05, 3.63) is 46.9 Å². The normalized spacial score (nSPS) is 13.5. The van der Waals surface area contributed by atoms with Gasteiger partial charge >= 0.3 is 0 Å². The number of methoxy groups -OCH3 is 1. The smallest absolute Gasteiger partial charge is 0.256 e. The van der Waals surface area contributed by atoms with Crippen LogP contribution in [0.2, 0.25) is 0 Å². The van der Waals surface area contributed by atoms with E-state index in [9.17, 15) is 4.79 Å². The molecule has 2 aromatic heterocycles. The molecule has 0 spiro atoms. The number of amides is 1. The molecule has 7 nitrogen and oxygen atoms in total. The van der Waals surface area contributed by atoms with E-state index in [-0.39, 0.29) is 5.91 Å². The number of benzene rings is 1. The summed E-state index contributed by atoms with van der Waals surface area (Å²) < 4.78 is 9.18. The van der Waals surface area contributed by atoms with Crippen molar-refractivity contribution >= 4 is 16.8 Å². The van der Waals surface area contributed by atoms with Gasteiger partial charge in [0.25, 0.3) is 5.91 Å². The molecular formula is C19H19N5O2. The van der Waals surface area contributed by atoms with Gasteiger partial charge in [0, 0.05) is 30.2 Å². The molecule has 0 saturated heterocycles.